The smallest absolute Gasteiger partial charge is 0.0468 e. The summed E-state index contributed by atoms with van der Waals surface area (Å²) in [7, 11) is 0. The molecule has 0 bridgehead atoms. The van der Waals surface area contributed by atoms with Crippen molar-refractivity contribution in [2.24, 2.45) is 5.92 Å². The standard InChI is InChI=1S/C8H18OS/c1-3-8(7-10)5-6-9-4-2/h8,10H,3-7H2,1-2H3. The van der Waals surface area contributed by atoms with Crippen molar-refractivity contribution in [3.63, 3.8) is 0 Å². The van der Waals surface area contributed by atoms with Gasteiger partial charge in [-0.1, -0.05) is 13.3 Å². The van der Waals surface area contributed by atoms with Crippen LogP contribution in [0.4, 0.5) is 0 Å². The molecule has 0 saturated carbocycles. The van der Waals surface area contributed by atoms with Crippen molar-refractivity contribution in [3.05, 3.63) is 0 Å². The number of hydrogen-bond donors (Lipinski definition) is 1. The van der Waals surface area contributed by atoms with Crippen molar-refractivity contribution in [1.82, 2.24) is 0 Å². The predicted molar refractivity (Wildman–Crippen MR) is 48.7 cm³/mol. The third-order valence-corrected chi connectivity index (χ3v) is 2.23. The zero-order valence-corrected chi connectivity index (χ0v) is 7.86. The van der Waals surface area contributed by atoms with Crippen LogP contribution in [0, 0.1) is 5.92 Å². The Hall–Kier alpha value is 0.310. The number of rotatable bonds is 6. The van der Waals surface area contributed by atoms with Gasteiger partial charge in [0.05, 0.1) is 0 Å². The van der Waals surface area contributed by atoms with Crippen LogP contribution in [0.2, 0.25) is 0 Å². The summed E-state index contributed by atoms with van der Waals surface area (Å²) >= 11 is 4.24. The summed E-state index contributed by atoms with van der Waals surface area (Å²) in [6.45, 7) is 5.97. The first-order valence-corrected chi connectivity index (χ1v) is 4.66. The Balaban J connectivity index is 3.09. The molecule has 0 radical (unpaired) electrons. The summed E-state index contributed by atoms with van der Waals surface area (Å²) in [5.74, 6) is 1.73. The first kappa shape index (κ1) is 10.3. The summed E-state index contributed by atoms with van der Waals surface area (Å²) in [6.07, 6.45) is 2.38. The van der Waals surface area contributed by atoms with Gasteiger partial charge in [-0.05, 0) is 25.0 Å². The second-order valence-corrected chi connectivity index (χ2v) is 2.81. The van der Waals surface area contributed by atoms with E-state index in [2.05, 4.69) is 19.6 Å². The van der Waals surface area contributed by atoms with E-state index in [1.807, 2.05) is 6.92 Å². The SMILES string of the molecule is CCOCCC(CC)CS. The Kier molecular flexibility index (Phi) is 7.65. The van der Waals surface area contributed by atoms with Gasteiger partial charge in [-0.15, -0.1) is 0 Å². The van der Waals surface area contributed by atoms with E-state index in [1.165, 1.54) is 6.42 Å². The Bertz CT molecular complexity index is 62.3. The van der Waals surface area contributed by atoms with Gasteiger partial charge in [0.15, 0.2) is 0 Å². The quantitative estimate of drug-likeness (QED) is 0.466. The van der Waals surface area contributed by atoms with E-state index in [1.54, 1.807) is 0 Å². The lowest BCUT2D eigenvalue weighted by molar-refractivity contribution is 0.134. The minimum absolute atomic E-state index is 0.745. The van der Waals surface area contributed by atoms with E-state index < -0.39 is 0 Å². The fourth-order valence-corrected chi connectivity index (χ4v) is 1.26. The Morgan fingerprint density at radius 2 is 2.10 bits per heavy atom. The maximum atomic E-state index is 5.23. The van der Waals surface area contributed by atoms with E-state index in [0.29, 0.717) is 0 Å². The molecule has 0 fully saturated rings. The van der Waals surface area contributed by atoms with E-state index in [4.69, 9.17) is 4.74 Å². The summed E-state index contributed by atoms with van der Waals surface area (Å²) in [6, 6.07) is 0. The van der Waals surface area contributed by atoms with Crippen molar-refractivity contribution in [2.75, 3.05) is 19.0 Å². The first-order valence-electron chi connectivity index (χ1n) is 4.03. The van der Waals surface area contributed by atoms with Gasteiger partial charge < -0.3 is 4.74 Å². The maximum absolute atomic E-state index is 5.23. The molecular weight excluding hydrogens is 144 g/mol. The van der Waals surface area contributed by atoms with Gasteiger partial charge in [0.1, 0.15) is 0 Å². The van der Waals surface area contributed by atoms with Crippen LogP contribution in [0.25, 0.3) is 0 Å². The summed E-state index contributed by atoms with van der Waals surface area (Å²) in [4.78, 5) is 0. The first-order chi connectivity index (χ1) is 4.85. The molecule has 0 aliphatic heterocycles. The van der Waals surface area contributed by atoms with Crippen LogP contribution in [0.1, 0.15) is 26.7 Å². The molecule has 1 atom stereocenters. The zero-order chi connectivity index (χ0) is 7.82. The molecule has 0 aromatic carbocycles. The topological polar surface area (TPSA) is 9.23 Å². The van der Waals surface area contributed by atoms with E-state index in [9.17, 15) is 0 Å². The molecule has 10 heavy (non-hydrogen) atoms. The molecule has 0 aliphatic carbocycles. The van der Waals surface area contributed by atoms with Crippen LogP contribution in [-0.4, -0.2) is 19.0 Å². The van der Waals surface area contributed by atoms with Crippen molar-refractivity contribution in [2.45, 2.75) is 26.7 Å². The molecule has 0 saturated heterocycles. The predicted octanol–water partition coefficient (Wildman–Crippen LogP) is 2.37. The van der Waals surface area contributed by atoms with Gasteiger partial charge in [-0.2, -0.15) is 12.6 Å². The summed E-state index contributed by atoms with van der Waals surface area (Å²) in [5.41, 5.74) is 0. The Labute approximate surface area is 69.6 Å². The monoisotopic (exact) mass is 162 g/mol. The molecular formula is C8H18OS. The van der Waals surface area contributed by atoms with E-state index in [0.717, 1.165) is 31.3 Å². The van der Waals surface area contributed by atoms with Crippen molar-refractivity contribution < 1.29 is 4.74 Å². The highest BCUT2D eigenvalue weighted by Crippen LogP contribution is 2.09. The van der Waals surface area contributed by atoms with Crippen molar-refractivity contribution in [1.29, 1.82) is 0 Å². The van der Waals surface area contributed by atoms with Gasteiger partial charge in [-0.25, -0.2) is 0 Å². The molecule has 0 N–H and O–H groups in total. The highest BCUT2D eigenvalue weighted by Gasteiger charge is 2.01. The third kappa shape index (κ3) is 5.12. The molecule has 1 unspecified atom stereocenters. The second-order valence-electron chi connectivity index (χ2n) is 2.44. The molecule has 0 rings (SSSR count). The number of hydrogen-bond acceptors (Lipinski definition) is 2. The molecule has 62 valence electrons. The van der Waals surface area contributed by atoms with Crippen LogP contribution in [0.15, 0.2) is 0 Å². The Morgan fingerprint density at radius 3 is 2.50 bits per heavy atom. The Morgan fingerprint density at radius 1 is 1.40 bits per heavy atom. The molecule has 2 heteroatoms. The highest BCUT2D eigenvalue weighted by atomic mass is 32.1. The minimum Gasteiger partial charge on any atom is -0.382 e. The summed E-state index contributed by atoms with van der Waals surface area (Å²) < 4.78 is 5.23. The van der Waals surface area contributed by atoms with Crippen LogP contribution < -0.4 is 0 Å². The van der Waals surface area contributed by atoms with Crippen LogP contribution >= 0.6 is 12.6 Å². The number of thiol groups is 1. The van der Waals surface area contributed by atoms with Crippen LogP contribution in [0.5, 0.6) is 0 Å². The fourth-order valence-electron chi connectivity index (χ4n) is 0.819. The lowest BCUT2D eigenvalue weighted by atomic mass is 10.1. The zero-order valence-electron chi connectivity index (χ0n) is 6.97. The fraction of sp³-hybridized carbons (Fsp3) is 1.00. The molecule has 0 aromatic rings. The third-order valence-electron chi connectivity index (χ3n) is 1.71. The van der Waals surface area contributed by atoms with Gasteiger partial charge in [0.25, 0.3) is 0 Å². The largest absolute Gasteiger partial charge is 0.382 e. The van der Waals surface area contributed by atoms with Gasteiger partial charge >= 0.3 is 0 Å². The molecule has 1 nitrogen and oxygen atoms in total. The second kappa shape index (κ2) is 7.42. The summed E-state index contributed by atoms with van der Waals surface area (Å²) in [5, 5.41) is 0. The molecule has 0 aromatic heterocycles. The lowest BCUT2D eigenvalue weighted by Gasteiger charge is -2.10. The average Bonchev–Trinajstić information content (AvgIpc) is 1.99. The van der Waals surface area contributed by atoms with Gasteiger partial charge in [0, 0.05) is 13.2 Å². The molecule has 0 aliphatic rings. The average molecular weight is 162 g/mol. The van der Waals surface area contributed by atoms with Crippen molar-refractivity contribution in [3.8, 4) is 0 Å². The van der Waals surface area contributed by atoms with Gasteiger partial charge in [-0.3, -0.25) is 0 Å². The highest BCUT2D eigenvalue weighted by molar-refractivity contribution is 7.80. The normalized spacial score (nSPS) is 13.5. The van der Waals surface area contributed by atoms with Crippen molar-refractivity contribution >= 4 is 12.6 Å². The lowest BCUT2D eigenvalue weighted by Crippen LogP contribution is -2.05. The van der Waals surface area contributed by atoms with Crippen LogP contribution in [0.3, 0.4) is 0 Å². The van der Waals surface area contributed by atoms with E-state index >= 15 is 0 Å². The molecule has 0 amide bonds. The van der Waals surface area contributed by atoms with Crippen LogP contribution in [-0.2, 0) is 4.74 Å². The van der Waals surface area contributed by atoms with Gasteiger partial charge in [0.2, 0.25) is 0 Å². The molecule has 0 heterocycles. The number of ether oxygens (including phenoxy) is 1. The maximum Gasteiger partial charge on any atom is 0.0468 e. The van der Waals surface area contributed by atoms with E-state index in [-0.39, 0.29) is 0 Å². The molecule has 0 spiro atoms. The minimum atomic E-state index is 0.745.